The van der Waals surface area contributed by atoms with Gasteiger partial charge in [0.05, 0.1) is 5.92 Å². The van der Waals surface area contributed by atoms with Crippen molar-refractivity contribution in [2.24, 2.45) is 5.92 Å². The Morgan fingerprint density at radius 2 is 1.70 bits per heavy atom. The molecule has 1 atom stereocenters. The Labute approximate surface area is 191 Å². The molecular weight excluding hydrogens is 421 g/mol. The minimum atomic E-state index is -0.847. The molecular formula is C26H24FN3O3. The van der Waals surface area contributed by atoms with Gasteiger partial charge >= 0.3 is 5.97 Å². The molecule has 4 aromatic rings. The van der Waals surface area contributed by atoms with E-state index in [9.17, 15) is 14.3 Å². The molecule has 1 unspecified atom stereocenters. The normalized spacial score (nSPS) is 11.8. The number of carbonyl (C=O) groups is 1. The van der Waals surface area contributed by atoms with Gasteiger partial charge in [-0.25, -0.2) is 4.39 Å². The molecule has 0 bridgehead atoms. The van der Waals surface area contributed by atoms with Crippen LogP contribution in [0.15, 0.2) is 77.5 Å². The molecule has 4 rings (SSSR count). The number of pyridine rings is 1. The summed E-state index contributed by atoms with van der Waals surface area (Å²) in [6.45, 7) is 2.18. The first-order valence-electron chi connectivity index (χ1n) is 10.8. The van der Waals surface area contributed by atoms with Crippen LogP contribution in [-0.4, -0.2) is 27.6 Å². The smallest absolute Gasteiger partial charge is 0.308 e. The topological polar surface area (TPSA) is 88.3 Å². The fourth-order valence-corrected chi connectivity index (χ4v) is 3.62. The van der Waals surface area contributed by atoms with Crippen LogP contribution in [0.1, 0.15) is 19.8 Å². The Kier molecular flexibility index (Phi) is 6.78. The van der Waals surface area contributed by atoms with Crippen LogP contribution in [0.4, 0.5) is 10.4 Å². The predicted octanol–water partition coefficient (Wildman–Crippen LogP) is 6.12. The molecule has 33 heavy (non-hydrogen) atoms. The van der Waals surface area contributed by atoms with E-state index in [1.165, 1.54) is 12.1 Å². The Bertz CT molecular complexity index is 1210. The standard InChI is InChI=1S/C26H24FN3O3/c1-2-4-21(25(31)32)16-29-26-30-23(24(33-26)20-5-3-14-28-15-20)19-8-6-17(7-9-19)18-10-12-22(27)13-11-18/h3,5-15,21H,2,4,16H2,1H3,(H,29,30)(H,31,32). The number of hydrogen-bond acceptors (Lipinski definition) is 5. The lowest BCUT2D eigenvalue weighted by Crippen LogP contribution is -2.22. The van der Waals surface area contributed by atoms with E-state index in [4.69, 9.17) is 4.42 Å². The fraction of sp³-hybridized carbons (Fsp3) is 0.192. The summed E-state index contributed by atoms with van der Waals surface area (Å²) >= 11 is 0. The number of halogens is 1. The minimum Gasteiger partial charge on any atom is -0.481 e. The summed E-state index contributed by atoms with van der Waals surface area (Å²) < 4.78 is 19.2. The molecule has 168 valence electrons. The first kappa shape index (κ1) is 22.2. The van der Waals surface area contributed by atoms with E-state index in [2.05, 4.69) is 15.3 Å². The van der Waals surface area contributed by atoms with Crippen LogP contribution < -0.4 is 5.32 Å². The molecule has 7 heteroatoms. The third-order valence-corrected chi connectivity index (χ3v) is 5.37. The van der Waals surface area contributed by atoms with Crippen LogP contribution in [0, 0.1) is 11.7 Å². The first-order chi connectivity index (χ1) is 16.0. The van der Waals surface area contributed by atoms with Gasteiger partial charge in [0.1, 0.15) is 11.5 Å². The average molecular weight is 445 g/mol. The summed E-state index contributed by atoms with van der Waals surface area (Å²) in [6, 6.07) is 18.0. The highest BCUT2D eigenvalue weighted by molar-refractivity contribution is 5.79. The molecule has 2 aromatic heterocycles. The summed E-state index contributed by atoms with van der Waals surface area (Å²) in [4.78, 5) is 20.3. The number of carboxylic acids is 1. The average Bonchev–Trinajstić information content (AvgIpc) is 3.27. The van der Waals surface area contributed by atoms with Gasteiger partial charge in [-0.3, -0.25) is 9.78 Å². The van der Waals surface area contributed by atoms with Gasteiger partial charge in [-0.1, -0.05) is 49.7 Å². The Balaban J connectivity index is 1.65. The van der Waals surface area contributed by atoms with E-state index in [0.29, 0.717) is 17.9 Å². The molecule has 0 spiro atoms. The highest BCUT2D eigenvalue weighted by Gasteiger charge is 2.20. The van der Waals surface area contributed by atoms with Gasteiger partial charge in [0, 0.05) is 30.1 Å². The lowest BCUT2D eigenvalue weighted by Gasteiger charge is -2.10. The van der Waals surface area contributed by atoms with Crippen LogP contribution in [0.3, 0.4) is 0 Å². The number of aliphatic carboxylic acids is 1. The van der Waals surface area contributed by atoms with E-state index >= 15 is 0 Å². The van der Waals surface area contributed by atoms with Crippen LogP contribution in [0.5, 0.6) is 0 Å². The zero-order chi connectivity index (χ0) is 23.2. The second-order valence-corrected chi connectivity index (χ2v) is 7.73. The number of benzene rings is 2. The van der Waals surface area contributed by atoms with E-state index < -0.39 is 11.9 Å². The van der Waals surface area contributed by atoms with Crippen molar-refractivity contribution in [3.63, 3.8) is 0 Å². The highest BCUT2D eigenvalue weighted by atomic mass is 19.1. The molecule has 6 nitrogen and oxygen atoms in total. The third kappa shape index (κ3) is 5.26. The number of rotatable bonds is 9. The van der Waals surface area contributed by atoms with Gasteiger partial charge in [0.15, 0.2) is 5.76 Å². The van der Waals surface area contributed by atoms with Crippen LogP contribution in [-0.2, 0) is 4.79 Å². The van der Waals surface area contributed by atoms with Crippen LogP contribution in [0.2, 0.25) is 0 Å². The molecule has 2 aromatic carbocycles. The summed E-state index contributed by atoms with van der Waals surface area (Å²) in [5, 5.41) is 12.5. The quantitative estimate of drug-likeness (QED) is 0.323. The minimum absolute atomic E-state index is 0.221. The molecule has 2 heterocycles. The van der Waals surface area contributed by atoms with E-state index in [0.717, 1.165) is 28.7 Å². The molecule has 0 aliphatic carbocycles. The van der Waals surface area contributed by atoms with Gasteiger partial charge in [-0.2, -0.15) is 4.98 Å². The Morgan fingerprint density at radius 1 is 1.03 bits per heavy atom. The van der Waals surface area contributed by atoms with Gasteiger partial charge in [-0.15, -0.1) is 0 Å². The summed E-state index contributed by atoms with van der Waals surface area (Å²) in [7, 11) is 0. The zero-order valence-corrected chi connectivity index (χ0v) is 18.2. The maximum Gasteiger partial charge on any atom is 0.308 e. The van der Waals surface area contributed by atoms with E-state index in [-0.39, 0.29) is 18.4 Å². The number of aromatic nitrogens is 2. The van der Waals surface area contributed by atoms with Gasteiger partial charge in [0.2, 0.25) is 0 Å². The van der Waals surface area contributed by atoms with Crippen molar-refractivity contribution in [2.75, 3.05) is 11.9 Å². The van der Waals surface area contributed by atoms with Gasteiger partial charge in [-0.05, 0) is 41.8 Å². The maximum absolute atomic E-state index is 13.2. The molecule has 0 saturated carbocycles. The first-order valence-corrected chi connectivity index (χ1v) is 10.8. The molecule has 0 radical (unpaired) electrons. The number of carboxylic acid groups (broad SMARTS) is 1. The summed E-state index contributed by atoms with van der Waals surface area (Å²) in [5.41, 5.74) is 4.08. The van der Waals surface area contributed by atoms with Crippen LogP contribution in [0.25, 0.3) is 33.7 Å². The van der Waals surface area contributed by atoms with Gasteiger partial charge in [0.25, 0.3) is 6.01 Å². The fourth-order valence-electron chi connectivity index (χ4n) is 3.62. The molecule has 0 fully saturated rings. The zero-order valence-electron chi connectivity index (χ0n) is 18.2. The van der Waals surface area contributed by atoms with Crippen molar-refractivity contribution in [3.05, 3.63) is 78.9 Å². The molecule has 2 N–H and O–H groups in total. The third-order valence-electron chi connectivity index (χ3n) is 5.37. The van der Waals surface area contributed by atoms with Crippen molar-refractivity contribution >= 4 is 12.0 Å². The Morgan fingerprint density at radius 3 is 2.30 bits per heavy atom. The predicted molar refractivity (Wildman–Crippen MR) is 125 cm³/mol. The summed E-state index contributed by atoms with van der Waals surface area (Å²) in [5.74, 6) is -1.10. The Hall–Kier alpha value is -4.00. The maximum atomic E-state index is 13.2. The van der Waals surface area contributed by atoms with Crippen molar-refractivity contribution < 1.29 is 18.7 Å². The van der Waals surface area contributed by atoms with Crippen molar-refractivity contribution in [1.29, 1.82) is 0 Å². The largest absolute Gasteiger partial charge is 0.481 e. The number of oxazole rings is 1. The molecule has 0 saturated heterocycles. The lowest BCUT2D eigenvalue weighted by atomic mass is 10.0. The van der Waals surface area contributed by atoms with Crippen molar-refractivity contribution in [1.82, 2.24) is 9.97 Å². The molecule has 0 aliphatic rings. The SMILES string of the molecule is CCCC(CNc1nc(-c2ccc(-c3ccc(F)cc3)cc2)c(-c2cccnc2)o1)C(=O)O. The second-order valence-electron chi connectivity index (χ2n) is 7.73. The van der Waals surface area contributed by atoms with Gasteiger partial charge < -0.3 is 14.8 Å². The number of nitrogens with one attached hydrogen (secondary N) is 1. The van der Waals surface area contributed by atoms with Crippen LogP contribution >= 0.6 is 0 Å². The number of anilines is 1. The monoisotopic (exact) mass is 445 g/mol. The molecule has 0 aliphatic heterocycles. The summed E-state index contributed by atoms with van der Waals surface area (Å²) in [6.07, 6.45) is 4.71. The van der Waals surface area contributed by atoms with E-state index in [1.54, 1.807) is 24.5 Å². The molecule has 0 amide bonds. The lowest BCUT2D eigenvalue weighted by molar-refractivity contribution is -0.141. The van der Waals surface area contributed by atoms with Crippen molar-refractivity contribution in [3.8, 4) is 33.7 Å². The number of nitrogens with zero attached hydrogens (tertiary/aromatic N) is 2. The number of hydrogen-bond donors (Lipinski definition) is 2. The van der Waals surface area contributed by atoms with E-state index in [1.807, 2.05) is 43.3 Å². The highest BCUT2D eigenvalue weighted by Crippen LogP contribution is 2.35. The second kappa shape index (κ2) is 10.1. The van der Waals surface area contributed by atoms with Crippen molar-refractivity contribution in [2.45, 2.75) is 19.8 Å².